The lowest BCUT2D eigenvalue weighted by atomic mass is 9.89. The van der Waals surface area contributed by atoms with Gasteiger partial charge in [-0.3, -0.25) is 14.5 Å². The Morgan fingerprint density at radius 3 is 2.66 bits per heavy atom. The predicted octanol–water partition coefficient (Wildman–Crippen LogP) is 4.16. The van der Waals surface area contributed by atoms with Crippen LogP contribution < -0.4 is 14.9 Å². The first kappa shape index (κ1) is 37.1. The number of aliphatic hydroxyl groups excluding tert-OH is 1. The van der Waals surface area contributed by atoms with Gasteiger partial charge in [0.2, 0.25) is 0 Å². The van der Waals surface area contributed by atoms with E-state index < -0.39 is 6.10 Å². The second-order valence-electron chi connectivity index (χ2n) is 11.7. The minimum atomic E-state index is -0.798. The van der Waals surface area contributed by atoms with Gasteiger partial charge in [0.1, 0.15) is 29.3 Å². The largest absolute Gasteiger partial charge is 0.506 e. The summed E-state index contributed by atoms with van der Waals surface area (Å²) >= 11 is 2.49. The van der Waals surface area contributed by atoms with Crippen molar-refractivity contribution in [1.29, 1.82) is 0 Å². The maximum atomic E-state index is 12.9. The molecular weight excluding hydrogens is 685 g/mol. The van der Waals surface area contributed by atoms with E-state index in [0.29, 0.717) is 60.9 Å². The molecule has 4 aromatic rings. The number of piperidine rings is 1. The van der Waals surface area contributed by atoms with Crippen LogP contribution >= 0.6 is 47.5 Å². The lowest BCUT2D eigenvalue weighted by molar-refractivity contribution is -0.127. The molecule has 2 aliphatic heterocycles. The van der Waals surface area contributed by atoms with Crippen LogP contribution in [0.1, 0.15) is 45.6 Å². The molecule has 0 unspecified atom stereocenters. The Kier molecular flexibility index (Phi) is 13.1. The number of morpholine rings is 1. The topological polar surface area (TPSA) is 140 Å². The van der Waals surface area contributed by atoms with Crippen molar-refractivity contribution >= 4 is 63.6 Å². The summed E-state index contributed by atoms with van der Waals surface area (Å²) in [6.07, 6.45) is 1.77. The average Bonchev–Trinajstić information content (AvgIpc) is 3.66. The Hall–Kier alpha value is -2.75. The monoisotopic (exact) mass is 725 g/mol. The zero-order valence-corrected chi connectivity index (χ0v) is 29.4. The van der Waals surface area contributed by atoms with Gasteiger partial charge in [0.05, 0.1) is 34.6 Å². The number of ether oxygens (including phenoxy) is 2. The number of aromatic nitrogens is 2. The summed E-state index contributed by atoms with van der Waals surface area (Å²) in [5.41, 5.74) is 2.41. The van der Waals surface area contributed by atoms with Gasteiger partial charge in [0.25, 0.3) is 5.91 Å². The van der Waals surface area contributed by atoms with Gasteiger partial charge >= 0.3 is 4.87 Å². The van der Waals surface area contributed by atoms with Crippen LogP contribution in [-0.4, -0.2) is 101 Å². The molecule has 2 aromatic carbocycles. The zero-order valence-electron chi connectivity index (χ0n) is 26.1. The summed E-state index contributed by atoms with van der Waals surface area (Å²) in [5.74, 6) is 0.836. The zero-order chi connectivity index (χ0) is 31.4. The van der Waals surface area contributed by atoms with Crippen LogP contribution in [0.2, 0.25) is 0 Å². The van der Waals surface area contributed by atoms with E-state index in [0.717, 1.165) is 66.6 Å². The van der Waals surface area contributed by atoms with Crippen molar-refractivity contribution in [1.82, 2.24) is 25.1 Å². The smallest absolute Gasteiger partial charge is 0.305 e. The number of benzene rings is 2. The number of phenolic OH excluding ortho intramolecular Hbond substituents is 1. The number of H-pyrrole nitrogens is 1. The fraction of sp³-hybridized carbons (Fsp3) is 0.469. The number of carbonyl (C=O) groups excluding carboxylic acids is 1. The molecule has 2 fully saturated rings. The first-order valence-electron chi connectivity index (χ1n) is 15.3. The molecule has 2 aliphatic rings. The van der Waals surface area contributed by atoms with Crippen molar-refractivity contribution in [2.75, 3.05) is 59.0 Å². The van der Waals surface area contributed by atoms with Gasteiger partial charge in [-0.05, 0) is 56.5 Å². The number of aromatic amines is 1. The van der Waals surface area contributed by atoms with Gasteiger partial charge in [-0.25, -0.2) is 4.98 Å². The van der Waals surface area contributed by atoms with E-state index in [2.05, 4.69) is 32.3 Å². The highest BCUT2D eigenvalue weighted by Crippen LogP contribution is 2.32. The van der Waals surface area contributed by atoms with Gasteiger partial charge in [0, 0.05) is 43.7 Å². The Balaban J connectivity index is 0.00000250. The molecule has 2 aromatic heterocycles. The number of hydrogen-bond donors (Lipinski definition) is 4. The number of nitrogens with one attached hydrogen (secondary N) is 2. The molecule has 4 heterocycles. The molecule has 0 saturated carbocycles. The van der Waals surface area contributed by atoms with Gasteiger partial charge in [0.15, 0.2) is 0 Å². The number of nitrogens with zero attached hydrogens (tertiary/aromatic N) is 3. The minimum absolute atomic E-state index is 0. The van der Waals surface area contributed by atoms with Gasteiger partial charge in [-0.2, -0.15) is 0 Å². The molecule has 1 atom stereocenters. The van der Waals surface area contributed by atoms with Crippen molar-refractivity contribution in [2.45, 2.75) is 37.9 Å². The average molecular weight is 727 g/mol. The number of fused-ring (bicyclic) bond motifs is 1. The molecule has 11 nitrogen and oxygen atoms in total. The quantitative estimate of drug-likeness (QED) is 0.168. The van der Waals surface area contributed by atoms with E-state index in [4.69, 9.17) is 9.47 Å². The third-order valence-corrected chi connectivity index (χ3v) is 10.3. The molecule has 2 saturated heterocycles. The third kappa shape index (κ3) is 9.04. The fourth-order valence-corrected chi connectivity index (χ4v) is 7.56. The standard InChI is InChI=1S/C32H39N5O6S2.2ClH/c1-21-34-25(19-44-21)30(40)37-15-17-43-32(20-37)9-12-36(13-10-32)14-16-42-23-4-2-22(3-5-23)8-11-33-18-27(39)24-6-7-26(38)28-29(24)45-31(41)35-28;;/h2-7,19,27,33,38-39H,8-18,20H2,1H3,(H,35,41);2*1H/t27-;;/m0../s1. The predicted molar refractivity (Wildman–Crippen MR) is 189 cm³/mol. The van der Waals surface area contributed by atoms with Gasteiger partial charge in [-0.1, -0.05) is 29.5 Å². The number of carbonyl (C=O) groups is 1. The molecule has 4 N–H and O–H groups in total. The summed E-state index contributed by atoms with van der Waals surface area (Å²) < 4.78 is 12.9. The molecule has 0 bridgehead atoms. The number of hydrogen-bond acceptors (Lipinski definition) is 11. The Morgan fingerprint density at radius 1 is 1.17 bits per heavy atom. The van der Waals surface area contributed by atoms with Crippen molar-refractivity contribution in [3.63, 3.8) is 0 Å². The number of rotatable bonds is 11. The summed E-state index contributed by atoms with van der Waals surface area (Å²) in [4.78, 5) is 35.7. The number of amides is 1. The van der Waals surface area contributed by atoms with E-state index in [1.807, 2.05) is 29.3 Å². The highest BCUT2D eigenvalue weighted by atomic mass is 35.5. The first-order chi connectivity index (χ1) is 21.8. The SMILES string of the molecule is Cc1nc(C(=O)N2CCOC3(CCN(CCOc4ccc(CCNC[C@H](O)c5ccc(O)c6[nH]c(=O)sc56)cc4)CC3)C2)cs1.Cl.Cl. The van der Waals surface area contributed by atoms with E-state index in [1.165, 1.54) is 17.4 Å². The molecule has 1 spiro atoms. The maximum Gasteiger partial charge on any atom is 0.305 e. The van der Waals surface area contributed by atoms with Crippen LogP contribution in [-0.2, 0) is 11.2 Å². The summed E-state index contributed by atoms with van der Waals surface area (Å²) in [6.45, 7) is 7.97. The Morgan fingerprint density at radius 2 is 1.94 bits per heavy atom. The molecule has 6 rings (SSSR count). The first-order valence-corrected chi connectivity index (χ1v) is 17.0. The van der Waals surface area contributed by atoms with Crippen LogP contribution in [0.4, 0.5) is 0 Å². The molecule has 0 aliphatic carbocycles. The molecule has 15 heteroatoms. The van der Waals surface area contributed by atoms with E-state index >= 15 is 0 Å². The highest BCUT2D eigenvalue weighted by Gasteiger charge is 2.41. The summed E-state index contributed by atoms with van der Waals surface area (Å²) in [5, 5.41) is 26.7. The molecule has 47 heavy (non-hydrogen) atoms. The van der Waals surface area contributed by atoms with Crippen LogP contribution in [0.15, 0.2) is 46.6 Å². The second-order valence-corrected chi connectivity index (χ2v) is 13.8. The van der Waals surface area contributed by atoms with Crippen molar-refractivity contribution in [2.24, 2.45) is 0 Å². The lowest BCUT2D eigenvalue weighted by Gasteiger charge is -2.47. The lowest BCUT2D eigenvalue weighted by Crippen LogP contribution is -2.58. The van der Waals surface area contributed by atoms with Crippen molar-refractivity contribution < 1.29 is 24.5 Å². The van der Waals surface area contributed by atoms with E-state index in [-0.39, 0.29) is 46.9 Å². The Bertz CT molecular complexity index is 1670. The molecule has 1 amide bonds. The minimum Gasteiger partial charge on any atom is -0.506 e. The number of aliphatic hydroxyl groups is 1. The molecule has 0 radical (unpaired) electrons. The fourth-order valence-electron chi connectivity index (χ4n) is 6.06. The van der Waals surface area contributed by atoms with Crippen LogP contribution in [0.5, 0.6) is 11.5 Å². The van der Waals surface area contributed by atoms with Gasteiger partial charge < -0.3 is 34.9 Å². The maximum absolute atomic E-state index is 12.9. The van der Waals surface area contributed by atoms with Gasteiger partial charge in [-0.15, -0.1) is 36.2 Å². The number of aromatic hydroxyl groups is 1. The second kappa shape index (κ2) is 16.6. The van der Waals surface area contributed by atoms with Crippen molar-refractivity contribution in [3.05, 3.63) is 73.3 Å². The number of phenols is 1. The van der Waals surface area contributed by atoms with Crippen molar-refractivity contribution in [3.8, 4) is 11.5 Å². The highest BCUT2D eigenvalue weighted by molar-refractivity contribution is 7.16. The molecule has 256 valence electrons. The van der Waals surface area contributed by atoms with Crippen LogP contribution in [0.25, 0.3) is 10.2 Å². The van der Waals surface area contributed by atoms with Crippen LogP contribution in [0, 0.1) is 6.92 Å². The van der Waals surface area contributed by atoms with E-state index in [9.17, 15) is 19.8 Å². The molecular formula is C32H41Cl2N5O6S2. The van der Waals surface area contributed by atoms with E-state index in [1.54, 1.807) is 6.07 Å². The van der Waals surface area contributed by atoms with Crippen LogP contribution in [0.3, 0.4) is 0 Å². The number of halogens is 2. The normalized spacial score (nSPS) is 16.9. The number of thiazole rings is 2. The Labute approximate surface area is 293 Å². The third-order valence-electron chi connectivity index (χ3n) is 8.62. The number of likely N-dealkylation sites (tertiary alicyclic amines) is 1. The number of aryl methyl sites for hydroxylation is 1. The summed E-state index contributed by atoms with van der Waals surface area (Å²) in [7, 11) is 0. The summed E-state index contributed by atoms with van der Waals surface area (Å²) in [6, 6.07) is 11.2.